The van der Waals surface area contributed by atoms with Crippen LogP contribution in [0.3, 0.4) is 0 Å². The summed E-state index contributed by atoms with van der Waals surface area (Å²) in [4.78, 5) is 0. The molecule has 1 aliphatic rings. The Bertz CT molecular complexity index is 401. The van der Waals surface area contributed by atoms with Gasteiger partial charge in [0.15, 0.2) is 11.3 Å². The summed E-state index contributed by atoms with van der Waals surface area (Å²) in [5, 5.41) is 0. The summed E-state index contributed by atoms with van der Waals surface area (Å²) in [6.45, 7) is 17.1. The molecule has 1 nitrogen and oxygen atoms in total. The highest BCUT2D eigenvalue weighted by Crippen LogP contribution is 2.30. The van der Waals surface area contributed by atoms with Crippen LogP contribution in [0.5, 0.6) is 0 Å². The van der Waals surface area contributed by atoms with Crippen LogP contribution < -0.4 is 0 Å². The van der Waals surface area contributed by atoms with Gasteiger partial charge < -0.3 is 0 Å². The van der Waals surface area contributed by atoms with Crippen molar-refractivity contribution in [3.63, 3.8) is 0 Å². The van der Waals surface area contributed by atoms with E-state index >= 15 is 0 Å². The second-order valence-corrected chi connectivity index (χ2v) is 6.14. The van der Waals surface area contributed by atoms with Gasteiger partial charge in [0.1, 0.15) is 6.54 Å². The number of hydrogen-bond donors (Lipinski definition) is 0. The number of nitrogens with zero attached hydrogens (tertiary/aromatic N) is 1. The van der Waals surface area contributed by atoms with Crippen molar-refractivity contribution in [1.29, 1.82) is 0 Å². The summed E-state index contributed by atoms with van der Waals surface area (Å²) in [6, 6.07) is 0. The lowest BCUT2D eigenvalue weighted by molar-refractivity contribution is -0.589. The Hall–Kier alpha value is -0.850. The van der Waals surface area contributed by atoms with Crippen LogP contribution in [-0.4, -0.2) is 22.4 Å². The van der Waals surface area contributed by atoms with Gasteiger partial charge in [-0.1, -0.05) is 25.8 Å². The van der Waals surface area contributed by atoms with Crippen LogP contribution in [-0.2, 0) is 0 Å². The van der Waals surface area contributed by atoms with Crippen molar-refractivity contribution >= 4 is 5.71 Å². The van der Waals surface area contributed by atoms with Crippen LogP contribution in [0.1, 0.15) is 67.7 Å². The zero-order valence-electron chi connectivity index (χ0n) is 13.4. The molecule has 0 amide bonds. The van der Waals surface area contributed by atoms with Gasteiger partial charge in [-0.3, -0.25) is 0 Å². The van der Waals surface area contributed by atoms with Gasteiger partial charge in [0, 0.05) is 32.8 Å². The molecule has 0 aromatic heterocycles. The van der Waals surface area contributed by atoms with E-state index in [2.05, 4.69) is 59.1 Å². The summed E-state index contributed by atoms with van der Waals surface area (Å²) < 4.78 is 2.58. The maximum absolute atomic E-state index is 2.58. The molecule has 0 unspecified atom stereocenters. The van der Waals surface area contributed by atoms with Crippen molar-refractivity contribution in [3.8, 4) is 0 Å². The average molecular weight is 248 g/mol. The van der Waals surface area contributed by atoms with E-state index in [1.807, 2.05) is 0 Å². The first-order valence-electron chi connectivity index (χ1n) is 7.36. The third-order valence-electron chi connectivity index (χ3n) is 3.93. The number of hydrogen-bond acceptors (Lipinski definition) is 0. The fourth-order valence-electron chi connectivity index (χ4n) is 3.11. The zero-order chi connectivity index (χ0) is 13.9. The minimum atomic E-state index is 0.156. The van der Waals surface area contributed by atoms with Crippen molar-refractivity contribution in [3.05, 3.63) is 22.8 Å². The van der Waals surface area contributed by atoms with Gasteiger partial charge >= 0.3 is 0 Å². The SMILES string of the molecule is CCCC[N+]1=C(C)C(=C(C)C)C(CC)=CC1(C)C. The Morgan fingerprint density at radius 3 is 2.28 bits per heavy atom. The van der Waals surface area contributed by atoms with Crippen LogP contribution in [0.25, 0.3) is 0 Å². The lowest BCUT2D eigenvalue weighted by Gasteiger charge is -2.29. The molecular formula is C17H30N+. The summed E-state index contributed by atoms with van der Waals surface area (Å²) in [7, 11) is 0. The van der Waals surface area contributed by atoms with E-state index in [-0.39, 0.29) is 5.54 Å². The van der Waals surface area contributed by atoms with Crippen LogP contribution >= 0.6 is 0 Å². The van der Waals surface area contributed by atoms with E-state index in [9.17, 15) is 0 Å². The molecule has 0 atom stereocenters. The van der Waals surface area contributed by atoms with Crippen molar-refractivity contribution in [2.75, 3.05) is 6.54 Å². The molecule has 0 spiro atoms. The first-order chi connectivity index (χ1) is 8.35. The highest BCUT2D eigenvalue weighted by atomic mass is 15.1. The predicted octanol–water partition coefficient (Wildman–Crippen LogP) is 4.72. The van der Waals surface area contributed by atoms with Gasteiger partial charge in [0.25, 0.3) is 0 Å². The average Bonchev–Trinajstić information content (AvgIpc) is 2.26. The molecule has 1 heteroatoms. The highest BCUT2D eigenvalue weighted by Gasteiger charge is 2.36. The summed E-state index contributed by atoms with van der Waals surface area (Å²) in [6.07, 6.45) is 6.13. The largest absolute Gasteiger partial charge is 0.225 e. The fraction of sp³-hybridized carbons (Fsp3) is 0.706. The zero-order valence-corrected chi connectivity index (χ0v) is 13.4. The third-order valence-corrected chi connectivity index (χ3v) is 3.93. The van der Waals surface area contributed by atoms with Gasteiger partial charge in [0.05, 0.1) is 0 Å². The molecule has 102 valence electrons. The number of unbranched alkanes of at least 4 members (excludes halogenated alkanes) is 1. The van der Waals surface area contributed by atoms with E-state index in [1.54, 1.807) is 0 Å². The molecule has 1 aliphatic heterocycles. The third kappa shape index (κ3) is 2.93. The van der Waals surface area contributed by atoms with Crippen molar-refractivity contribution in [2.45, 2.75) is 73.3 Å². The minimum Gasteiger partial charge on any atom is -0.225 e. The molecule has 0 radical (unpaired) electrons. The van der Waals surface area contributed by atoms with Gasteiger partial charge in [-0.05, 0) is 31.9 Å². The molecule has 1 rings (SSSR count). The number of rotatable bonds is 4. The van der Waals surface area contributed by atoms with Crippen LogP contribution in [0, 0.1) is 0 Å². The maximum atomic E-state index is 2.58. The van der Waals surface area contributed by atoms with Crippen molar-refractivity contribution in [2.24, 2.45) is 0 Å². The molecule has 1 heterocycles. The lowest BCUT2D eigenvalue weighted by atomic mass is 9.85. The van der Waals surface area contributed by atoms with E-state index in [1.165, 1.54) is 41.8 Å². The fourth-order valence-corrected chi connectivity index (χ4v) is 3.11. The topological polar surface area (TPSA) is 3.01 Å². The van der Waals surface area contributed by atoms with Gasteiger partial charge in [-0.2, -0.15) is 0 Å². The van der Waals surface area contributed by atoms with Crippen LogP contribution in [0.4, 0.5) is 0 Å². The second kappa shape index (κ2) is 5.86. The number of allylic oxidation sites excluding steroid dienone is 3. The Kier molecular flexibility index (Phi) is 4.95. The smallest absolute Gasteiger partial charge is 0.181 e. The quantitative estimate of drug-likeness (QED) is 0.633. The van der Waals surface area contributed by atoms with E-state index in [0.29, 0.717) is 0 Å². The first kappa shape index (κ1) is 15.2. The molecule has 0 aromatic rings. The molecule has 0 saturated heterocycles. The maximum Gasteiger partial charge on any atom is 0.181 e. The summed E-state index contributed by atoms with van der Waals surface area (Å²) in [5.74, 6) is 0. The molecule has 18 heavy (non-hydrogen) atoms. The Morgan fingerprint density at radius 1 is 1.22 bits per heavy atom. The summed E-state index contributed by atoms with van der Waals surface area (Å²) >= 11 is 0. The van der Waals surface area contributed by atoms with Crippen molar-refractivity contribution in [1.82, 2.24) is 0 Å². The normalized spacial score (nSPS) is 19.1. The molecule has 0 bridgehead atoms. The lowest BCUT2D eigenvalue weighted by Crippen LogP contribution is -2.42. The molecule has 0 fully saturated rings. The predicted molar refractivity (Wildman–Crippen MR) is 81.5 cm³/mol. The van der Waals surface area contributed by atoms with Gasteiger partial charge in [-0.25, -0.2) is 4.58 Å². The van der Waals surface area contributed by atoms with Gasteiger partial charge in [-0.15, -0.1) is 0 Å². The molecule has 0 N–H and O–H groups in total. The van der Waals surface area contributed by atoms with Gasteiger partial charge in [0.2, 0.25) is 0 Å². The first-order valence-corrected chi connectivity index (χ1v) is 7.36. The van der Waals surface area contributed by atoms with E-state index in [4.69, 9.17) is 0 Å². The van der Waals surface area contributed by atoms with Crippen LogP contribution in [0.15, 0.2) is 22.8 Å². The van der Waals surface area contributed by atoms with Crippen LogP contribution in [0.2, 0.25) is 0 Å². The molecule has 0 saturated carbocycles. The Morgan fingerprint density at radius 2 is 1.83 bits per heavy atom. The van der Waals surface area contributed by atoms with E-state index < -0.39 is 0 Å². The molecule has 0 aromatic carbocycles. The summed E-state index contributed by atoms with van der Waals surface area (Å²) in [5.41, 5.74) is 6.08. The minimum absolute atomic E-state index is 0.156. The van der Waals surface area contributed by atoms with E-state index in [0.717, 1.165) is 6.42 Å². The molecular weight excluding hydrogens is 218 g/mol. The Balaban J connectivity index is 3.30. The monoisotopic (exact) mass is 248 g/mol. The standard InChI is InChI=1S/C17H30N/c1-8-10-11-18-14(5)16(13(3)4)15(9-2)12-17(18,6)7/h12H,8-11H2,1-7H3/q+1. The highest BCUT2D eigenvalue weighted by molar-refractivity contribution is 6.00. The Labute approximate surface area is 113 Å². The molecule has 0 aliphatic carbocycles. The second-order valence-electron chi connectivity index (χ2n) is 6.14. The van der Waals surface area contributed by atoms with Crippen molar-refractivity contribution < 1.29 is 4.58 Å².